The average molecular weight is 172 g/mol. The number of carbonyl (C=O) groups excluding carboxylic acids is 1. The van der Waals surface area contributed by atoms with Crippen LogP contribution in [0.3, 0.4) is 0 Å². The minimum Gasteiger partial charge on any atom is -0.379 e. The van der Waals surface area contributed by atoms with E-state index >= 15 is 0 Å². The number of carbonyl (C=O) groups is 1. The van der Waals surface area contributed by atoms with Gasteiger partial charge in [-0.05, 0) is 13.8 Å². The number of hydrogen-bond acceptors (Lipinski definition) is 3. The first-order valence-corrected chi connectivity index (χ1v) is 4.17. The van der Waals surface area contributed by atoms with Gasteiger partial charge in [-0.15, -0.1) is 0 Å². The molecule has 1 aliphatic rings. The molecule has 0 saturated carbocycles. The molecule has 2 unspecified atom stereocenters. The molecule has 1 amide bonds. The summed E-state index contributed by atoms with van der Waals surface area (Å²) in [4.78, 5) is 11.5. The average Bonchev–Trinajstić information content (AvgIpc) is 2.09. The number of piperazine rings is 1. The van der Waals surface area contributed by atoms with Gasteiger partial charge in [0, 0.05) is 20.2 Å². The van der Waals surface area contributed by atoms with Crippen molar-refractivity contribution in [2.45, 2.75) is 25.5 Å². The van der Waals surface area contributed by atoms with Gasteiger partial charge in [0.05, 0.1) is 6.10 Å². The van der Waals surface area contributed by atoms with Crippen LogP contribution in [0.4, 0.5) is 0 Å². The lowest BCUT2D eigenvalue weighted by Gasteiger charge is -2.37. The van der Waals surface area contributed by atoms with Crippen LogP contribution in [0.5, 0.6) is 0 Å². The Morgan fingerprint density at radius 2 is 2.25 bits per heavy atom. The maximum absolute atomic E-state index is 11.5. The van der Waals surface area contributed by atoms with Gasteiger partial charge in [-0.1, -0.05) is 0 Å². The molecule has 0 spiro atoms. The van der Waals surface area contributed by atoms with Crippen LogP contribution in [0.25, 0.3) is 0 Å². The predicted molar refractivity (Wildman–Crippen MR) is 45.9 cm³/mol. The van der Waals surface area contributed by atoms with E-state index in [9.17, 15) is 4.79 Å². The molecule has 4 nitrogen and oxygen atoms in total. The van der Waals surface area contributed by atoms with Crippen LogP contribution in [0.1, 0.15) is 13.8 Å². The Morgan fingerprint density at radius 1 is 1.58 bits per heavy atom. The fourth-order valence-corrected chi connectivity index (χ4v) is 1.33. The third-order valence-electron chi connectivity index (χ3n) is 2.54. The Morgan fingerprint density at radius 3 is 2.75 bits per heavy atom. The second kappa shape index (κ2) is 3.41. The highest BCUT2D eigenvalue weighted by Gasteiger charge is 2.40. The van der Waals surface area contributed by atoms with E-state index in [-0.39, 0.29) is 12.0 Å². The Kier molecular flexibility index (Phi) is 2.69. The van der Waals surface area contributed by atoms with Crippen LogP contribution in [0.2, 0.25) is 0 Å². The topological polar surface area (TPSA) is 50.4 Å². The second-order valence-electron chi connectivity index (χ2n) is 3.26. The van der Waals surface area contributed by atoms with E-state index in [1.807, 2.05) is 13.8 Å². The smallest absolute Gasteiger partial charge is 0.242 e. The van der Waals surface area contributed by atoms with Crippen LogP contribution in [0, 0.1) is 0 Å². The van der Waals surface area contributed by atoms with Gasteiger partial charge < -0.3 is 10.1 Å². The maximum atomic E-state index is 11.5. The molecule has 0 bridgehead atoms. The molecule has 1 heterocycles. The highest BCUT2D eigenvalue weighted by molar-refractivity contribution is 5.87. The van der Waals surface area contributed by atoms with E-state index in [2.05, 4.69) is 10.6 Å². The summed E-state index contributed by atoms with van der Waals surface area (Å²) in [7, 11) is 1.61. The van der Waals surface area contributed by atoms with Gasteiger partial charge >= 0.3 is 0 Å². The van der Waals surface area contributed by atoms with Crippen LogP contribution < -0.4 is 10.6 Å². The summed E-state index contributed by atoms with van der Waals surface area (Å²) in [6.07, 6.45) is -0.113. The Labute approximate surface area is 72.7 Å². The first kappa shape index (κ1) is 9.48. The lowest BCUT2D eigenvalue weighted by atomic mass is 9.93. The van der Waals surface area contributed by atoms with Crippen LogP contribution >= 0.6 is 0 Å². The molecule has 1 rings (SSSR count). The summed E-state index contributed by atoms with van der Waals surface area (Å²) >= 11 is 0. The van der Waals surface area contributed by atoms with Crippen molar-refractivity contribution in [3.05, 3.63) is 0 Å². The molecular formula is C8H16N2O2. The number of methoxy groups -OCH3 is 1. The molecule has 1 saturated heterocycles. The number of ether oxygens (including phenoxy) is 1. The van der Waals surface area contributed by atoms with Crippen molar-refractivity contribution in [1.82, 2.24) is 10.6 Å². The summed E-state index contributed by atoms with van der Waals surface area (Å²) in [5.41, 5.74) is -0.576. The first-order valence-electron chi connectivity index (χ1n) is 4.17. The molecule has 0 aromatic rings. The standard InChI is InChI=1S/C8H16N2O2/c1-6(12-3)8(2)7(11)9-4-5-10-8/h6,10H,4-5H2,1-3H3,(H,9,11). The van der Waals surface area contributed by atoms with Gasteiger partial charge in [0.25, 0.3) is 0 Å². The summed E-state index contributed by atoms with van der Waals surface area (Å²) in [6.45, 7) is 5.24. The summed E-state index contributed by atoms with van der Waals surface area (Å²) in [6, 6.07) is 0. The lowest BCUT2D eigenvalue weighted by Crippen LogP contribution is -2.66. The van der Waals surface area contributed by atoms with Crippen molar-refractivity contribution in [2.24, 2.45) is 0 Å². The predicted octanol–water partition coefficient (Wildman–Crippen LogP) is -0.501. The Bertz CT molecular complexity index is 184. The fraction of sp³-hybridized carbons (Fsp3) is 0.875. The van der Waals surface area contributed by atoms with Crippen LogP contribution in [-0.2, 0) is 9.53 Å². The zero-order valence-electron chi connectivity index (χ0n) is 7.81. The Hall–Kier alpha value is -0.610. The van der Waals surface area contributed by atoms with E-state index in [4.69, 9.17) is 4.74 Å². The van der Waals surface area contributed by atoms with Gasteiger partial charge in [-0.3, -0.25) is 10.1 Å². The highest BCUT2D eigenvalue weighted by Crippen LogP contribution is 2.14. The molecule has 1 fully saturated rings. The van der Waals surface area contributed by atoms with Crippen molar-refractivity contribution >= 4 is 5.91 Å². The molecule has 0 aromatic carbocycles. The van der Waals surface area contributed by atoms with Crippen molar-refractivity contribution in [3.63, 3.8) is 0 Å². The third kappa shape index (κ3) is 1.44. The molecule has 0 aromatic heterocycles. The second-order valence-corrected chi connectivity index (χ2v) is 3.26. The minimum absolute atomic E-state index is 0.0168. The van der Waals surface area contributed by atoms with E-state index in [1.54, 1.807) is 7.11 Å². The molecule has 70 valence electrons. The minimum atomic E-state index is -0.576. The normalized spacial score (nSPS) is 32.8. The molecule has 4 heteroatoms. The lowest BCUT2D eigenvalue weighted by molar-refractivity contribution is -0.134. The van der Waals surface area contributed by atoms with Gasteiger partial charge in [-0.25, -0.2) is 0 Å². The largest absolute Gasteiger partial charge is 0.379 e. The van der Waals surface area contributed by atoms with Gasteiger partial charge in [0.2, 0.25) is 5.91 Å². The van der Waals surface area contributed by atoms with Crippen LogP contribution in [0.15, 0.2) is 0 Å². The molecule has 0 aliphatic carbocycles. The number of amides is 1. The van der Waals surface area contributed by atoms with Crippen molar-refractivity contribution < 1.29 is 9.53 Å². The van der Waals surface area contributed by atoms with Crippen molar-refractivity contribution in [2.75, 3.05) is 20.2 Å². The fourth-order valence-electron chi connectivity index (χ4n) is 1.33. The number of nitrogens with one attached hydrogen (secondary N) is 2. The first-order chi connectivity index (χ1) is 5.61. The number of hydrogen-bond donors (Lipinski definition) is 2. The van der Waals surface area contributed by atoms with Gasteiger partial charge in [-0.2, -0.15) is 0 Å². The molecule has 1 aliphatic heterocycles. The summed E-state index contributed by atoms with van der Waals surface area (Å²) in [5, 5.41) is 5.97. The quantitative estimate of drug-likeness (QED) is 0.590. The zero-order valence-corrected chi connectivity index (χ0v) is 7.81. The Balaban J connectivity index is 2.72. The summed E-state index contributed by atoms with van der Waals surface area (Å²) < 4.78 is 5.14. The van der Waals surface area contributed by atoms with E-state index in [1.165, 1.54) is 0 Å². The van der Waals surface area contributed by atoms with E-state index in [0.29, 0.717) is 6.54 Å². The zero-order chi connectivity index (χ0) is 9.19. The number of rotatable bonds is 2. The SMILES string of the molecule is COC(C)C1(C)NCCNC1=O. The van der Waals surface area contributed by atoms with Crippen molar-refractivity contribution in [3.8, 4) is 0 Å². The highest BCUT2D eigenvalue weighted by atomic mass is 16.5. The molecule has 12 heavy (non-hydrogen) atoms. The van der Waals surface area contributed by atoms with Gasteiger partial charge in [0.15, 0.2) is 0 Å². The monoisotopic (exact) mass is 172 g/mol. The van der Waals surface area contributed by atoms with Gasteiger partial charge in [0.1, 0.15) is 5.54 Å². The molecule has 2 atom stereocenters. The van der Waals surface area contributed by atoms with Crippen LogP contribution in [-0.4, -0.2) is 37.7 Å². The van der Waals surface area contributed by atoms with E-state index < -0.39 is 5.54 Å². The third-order valence-corrected chi connectivity index (χ3v) is 2.54. The summed E-state index contributed by atoms with van der Waals surface area (Å²) in [5.74, 6) is 0.0168. The molecular weight excluding hydrogens is 156 g/mol. The van der Waals surface area contributed by atoms with Crippen molar-refractivity contribution in [1.29, 1.82) is 0 Å². The molecule has 2 N–H and O–H groups in total. The maximum Gasteiger partial charge on any atom is 0.242 e. The van der Waals surface area contributed by atoms with E-state index in [0.717, 1.165) is 6.54 Å². The molecule has 0 radical (unpaired) electrons.